The van der Waals surface area contributed by atoms with Crippen molar-refractivity contribution in [2.75, 3.05) is 26.6 Å². The highest BCUT2D eigenvalue weighted by Crippen LogP contribution is 2.30. The molecular weight excluding hydrogens is 320 g/mol. The van der Waals surface area contributed by atoms with Crippen LogP contribution in [-0.4, -0.2) is 27.2 Å². The van der Waals surface area contributed by atoms with E-state index in [0.717, 1.165) is 0 Å². The second-order valence-corrected chi connectivity index (χ2v) is 4.94. The zero-order valence-electron chi connectivity index (χ0n) is 14.2. The molecular formula is C19H18N2O4. The number of para-hydroxylation sites is 1. The Morgan fingerprint density at radius 3 is 2.32 bits per heavy atom. The highest BCUT2D eigenvalue weighted by Gasteiger charge is 2.12. The highest BCUT2D eigenvalue weighted by molar-refractivity contribution is 6.09. The minimum Gasteiger partial charge on any atom is -0.496 e. The van der Waals surface area contributed by atoms with Crippen LogP contribution in [0.5, 0.6) is 17.2 Å². The maximum Gasteiger partial charge on any atom is 0.266 e. The fourth-order valence-electron chi connectivity index (χ4n) is 2.20. The van der Waals surface area contributed by atoms with Crippen LogP contribution in [0, 0.1) is 11.3 Å². The molecule has 0 aliphatic carbocycles. The first-order valence-electron chi connectivity index (χ1n) is 7.41. The first kappa shape index (κ1) is 17.9. The Labute approximate surface area is 146 Å². The normalized spacial score (nSPS) is 10.6. The number of ether oxygens (including phenoxy) is 3. The molecule has 6 heteroatoms. The zero-order chi connectivity index (χ0) is 18.2. The van der Waals surface area contributed by atoms with Crippen molar-refractivity contribution in [3.05, 3.63) is 53.6 Å². The first-order valence-corrected chi connectivity index (χ1v) is 7.41. The van der Waals surface area contributed by atoms with Gasteiger partial charge in [-0.15, -0.1) is 0 Å². The quantitative estimate of drug-likeness (QED) is 0.646. The average molecular weight is 338 g/mol. The molecule has 0 heterocycles. The lowest BCUT2D eigenvalue weighted by Gasteiger charge is -2.10. The van der Waals surface area contributed by atoms with Gasteiger partial charge in [0.1, 0.15) is 17.4 Å². The minimum atomic E-state index is -0.527. The summed E-state index contributed by atoms with van der Waals surface area (Å²) in [6.07, 6.45) is 1.48. The van der Waals surface area contributed by atoms with Gasteiger partial charge >= 0.3 is 0 Å². The number of hydrogen-bond acceptors (Lipinski definition) is 5. The predicted octanol–water partition coefficient (Wildman–Crippen LogP) is 3.26. The number of anilines is 1. The molecule has 2 aromatic carbocycles. The van der Waals surface area contributed by atoms with Gasteiger partial charge in [-0.25, -0.2) is 0 Å². The lowest BCUT2D eigenvalue weighted by molar-refractivity contribution is -0.112. The third-order valence-electron chi connectivity index (χ3n) is 3.45. The summed E-state index contributed by atoms with van der Waals surface area (Å²) in [5.41, 5.74) is 1.09. The Morgan fingerprint density at radius 1 is 1.00 bits per heavy atom. The predicted molar refractivity (Wildman–Crippen MR) is 94.8 cm³/mol. The van der Waals surface area contributed by atoms with Crippen molar-refractivity contribution in [1.82, 2.24) is 0 Å². The molecule has 1 N–H and O–H groups in total. The van der Waals surface area contributed by atoms with E-state index in [0.29, 0.717) is 28.5 Å². The Hall–Kier alpha value is -3.46. The standard InChI is InChI=1S/C19H18N2O4/c1-23-16-7-5-4-6-13(16)10-14(12-20)19(22)21-15-8-9-17(24-2)18(11-15)25-3/h4-11H,1-3H3,(H,21,22)/b14-10+. The van der Waals surface area contributed by atoms with Crippen LogP contribution in [0.1, 0.15) is 5.56 Å². The molecule has 0 aromatic heterocycles. The minimum absolute atomic E-state index is 0.0423. The van der Waals surface area contributed by atoms with Crippen molar-refractivity contribution in [1.29, 1.82) is 5.26 Å². The summed E-state index contributed by atoms with van der Waals surface area (Å²) < 4.78 is 15.6. The SMILES string of the molecule is COc1ccccc1/C=C(\C#N)C(=O)Nc1ccc(OC)c(OC)c1. The number of nitriles is 1. The van der Waals surface area contributed by atoms with Gasteiger partial charge in [0.25, 0.3) is 5.91 Å². The van der Waals surface area contributed by atoms with E-state index in [2.05, 4.69) is 5.32 Å². The Bertz CT molecular complexity index is 838. The zero-order valence-corrected chi connectivity index (χ0v) is 14.2. The first-order chi connectivity index (χ1) is 12.1. The number of carbonyl (C=O) groups excluding carboxylic acids is 1. The number of amides is 1. The van der Waals surface area contributed by atoms with E-state index >= 15 is 0 Å². The third-order valence-corrected chi connectivity index (χ3v) is 3.45. The number of hydrogen-bond donors (Lipinski definition) is 1. The van der Waals surface area contributed by atoms with Gasteiger partial charge in [0.05, 0.1) is 21.3 Å². The molecule has 0 aliphatic heterocycles. The van der Waals surface area contributed by atoms with Crippen molar-refractivity contribution >= 4 is 17.7 Å². The second kappa shape index (κ2) is 8.41. The van der Waals surface area contributed by atoms with Gasteiger partial charge < -0.3 is 19.5 Å². The smallest absolute Gasteiger partial charge is 0.266 e. The highest BCUT2D eigenvalue weighted by atomic mass is 16.5. The van der Waals surface area contributed by atoms with Crippen LogP contribution < -0.4 is 19.5 Å². The van der Waals surface area contributed by atoms with E-state index in [4.69, 9.17) is 14.2 Å². The largest absolute Gasteiger partial charge is 0.496 e. The fraction of sp³-hybridized carbons (Fsp3) is 0.158. The van der Waals surface area contributed by atoms with Gasteiger partial charge in [-0.2, -0.15) is 5.26 Å². The molecule has 0 fully saturated rings. The van der Waals surface area contributed by atoms with Gasteiger partial charge in [0, 0.05) is 17.3 Å². The molecule has 2 rings (SSSR count). The van der Waals surface area contributed by atoms with Crippen molar-refractivity contribution in [3.63, 3.8) is 0 Å². The molecule has 0 saturated heterocycles. The molecule has 0 unspecified atom stereocenters. The van der Waals surface area contributed by atoms with Gasteiger partial charge in [0.2, 0.25) is 0 Å². The molecule has 25 heavy (non-hydrogen) atoms. The summed E-state index contributed by atoms with van der Waals surface area (Å²) in [6.45, 7) is 0. The number of nitrogens with zero attached hydrogens (tertiary/aromatic N) is 1. The van der Waals surface area contributed by atoms with E-state index in [1.54, 1.807) is 36.4 Å². The lowest BCUT2D eigenvalue weighted by Crippen LogP contribution is -2.13. The summed E-state index contributed by atoms with van der Waals surface area (Å²) in [7, 11) is 4.56. The summed E-state index contributed by atoms with van der Waals surface area (Å²) in [5.74, 6) is 1.08. The molecule has 6 nitrogen and oxygen atoms in total. The second-order valence-electron chi connectivity index (χ2n) is 4.94. The molecule has 1 amide bonds. The monoisotopic (exact) mass is 338 g/mol. The average Bonchev–Trinajstić information content (AvgIpc) is 2.66. The molecule has 0 saturated carbocycles. The van der Waals surface area contributed by atoms with Crippen molar-refractivity contribution in [2.45, 2.75) is 0 Å². The Balaban J connectivity index is 2.26. The molecule has 0 atom stereocenters. The Kier molecular flexibility index (Phi) is 6.02. The van der Waals surface area contributed by atoms with Gasteiger partial charge in [-0.1, -0.05) is 18.2 Å². The van der Waals surface area contributed by atoms with E-state index in [1.807, 2.05) is 12.1 Å². The van der Waals surface area contributed by atoms with Crippen LogP contribution in [-0.2, 0) is 4.79 Å². The van der Waals surface area contributed by atoms with Crippen molar-refractivity contribution in [3.8, 4) is 23.3 Å². The summed E-state index contributed by atoms with van der Waals surface area (Å²) in [5, 5.41) is 12.0. The molecule has 0 spiro atoms. The molecule has 0 radical (unpaired) electrons. The summed E-state index contributed by atoms with van der Waals surface area (Å²) in [4.78, 5) is 12.4. The van der Waals surface area contributed by atoms with E-state index in [1.165, 1.54) is 27.4 Å². The number of methoxy groups -OCH3 is 3. The van der Waals surface area contributed by atoms with Crippen LogP contribution in [0.4, 0.5) is 5.69 Å². The van der Waals surface area contributed by atoms with Crippen molar-refractivity contribution in [2.24, 2.45) is 0 Å². The lowest BCUT2D eigenvalue weighted by atomic mass is 10.1. The number of rotatable bonds is 6. The van der Waals surface area contributed by atoms with Crippen LogP contribution in [0.2, 0.25) is 0 Å². The van der Waals surface area contributed by atoms with E-state index < -0.39 is 5.91 Å². The topological polar surface area (TPSA) is 80.6 Å². The van der Waals surface area contributed by atoms with Gasteiger partial charge in [0.15, 0.2) is 11.5 Å². The summed E-state index contributed by atoms with van der Waals surface area (Å²) in [6, 6.07) is 14.0. The fourth-order valence-corrected chi connectivity index (χ4v) is 2.20. The summed E-state index contributed by atoms with van der Waals surface area (Å²) >= 11 is 0. The third kappa shape index (κ3) is 4.30. The maximum absolute atomic E-state index is 12.4. The Morgan fingerprint density at radius 2 is 1.68 bits per heavy atom. The van der Waals surface area contributed by atoms with Crippen LogP contribution in [0.25, 0.3) is 6.08 Å². The maximum atomic E-state index is 12.4. The molecule has 128 valence electrons. The van der Waals surface area contributed by atoms with Crippen LogP contribution in [0.3, 0.4) is 0 Å². The number of benzene rings is 2. The number of nitrogens with one attached hydrogen (secondary N) is 1. The van der Waals surface area contributed by atoms with Crippen molar-refractivity contribution < 1.29 is 19.0 Å². The van der Waals surface area contributed by atoms with E-state index in [9.17, 15) is 10.1 Å². The van der Waals surface area contributed by atoms with Crippen LogP contribution in [0.15, 0.2) is 48.0 Å². The van der Waals surface area contributed by atoms with E-state index in [-0.39, 0.29) is 5.57 Å². The molecule has 2 aromatic rings. The molecule has 0 aliphatic rings. The van der Waals surface area contributed by atoms with Gasteiger partial charge in [-0.3, -0.25) is 4.79 Å². The van der Waals surface area contributed by atoms with Gasteiger partial charge in [-0.05, 0) is 24.3 Å². The molecule has 0 bridgehead atoms. The number of carbonyl (C=O) groups is 1. The van der Waals surface area contributed by atoms with Crippen LogP contribution >= 0.6 is 0 Å².